The average molecular weight is 386 g/mol. The average Bonchev–Trinajstić information content (AvgIpc) is 2.77. The van der Waals surface area contributed by atoms with Gasteiger partial charge in [0.25, 0.3) is 5.91 Å². The van der Waals surface area contributed by atoms with Crippen LogP contribution in [0.25, 0.3) is 10.9 Å². The number of fused-ring (bicyclic) bond motifs is 1. The Bertz CT molecular complexity index is 1130. The van der Waals surface area contributed by atoms with E-state index in [9.17, 15) is 9.18 Å². The number of rotatable bonds is 6. The Balaban J connectivity index is 1.56. The molecule has 1 heterocycles. The van der Waals surface area contributed by atoms with Gasteiger partial charge in [-0.05, 0) is 29.3 Å². The van der Waals surface area contributed by atoms with Crippen LogP contribution in [-0.4, -0.2) is 10.9 Å². The number of nitrogens with one attached hydrogen (secondary N) is 1. The van der Waals surface area contributed by atoms with Crippen LogP contribution in [0.1, 0.15) is 21.5 Å². The van der Waals surface area contributed by atoms with E-state index in [1.807, 2.05) is 54.6 Å². The smallest absolute Gasteiger partial charge is 0.252 e. The monoisotopic (exact) mass is 386 g/mol. The summed E-state index contributed by atoms with van der Waals surface area (Å²) in [6, 6.07) is 24.9. The van der Waals surface area contributed by atoms with Crippen molar-refractivity contribution in [2.45, 2.75) is 13.2 Å². The van der Waals surface area contributed by atoms with Crippen LogP contribution < -0.4 is 10.1 Å². The van der Waals surface area contributed by atoms with E-state index in [2.05, 4.69) is 10.3 Å². The zero-order valence-corrected chi connectivity index (χ0v) is 15.6. The maximum atomic E-state index is 13.1. The maximum Gasteiger partial charge on any atom is 0.252 e. The number of amides is 1. The SMILES string of the molecule is O=C(NCc1ccc(F)cc1)c1cc(OCc2ccccc2)nc2ccccc12. The van der Waals surface area contributed by atoms with E-state index in [1.54, 1.807) is 18.2 Å². The van der Waals surface area contributed by atoms with E-state index in [4.69, 9.17) is 4.74 Å². The lowest BCUT2D eigenvalue weighted by Crippen LogP contribution is -2.23. The molecule has 0 aliphatic carbocycles. The molecule has 1 N–H and O–H groups in total. The number of pyridine rings is 1. The highest BCUT2D eigenvalue weighted by Gasteiger charge is 2.14. The van der Waals surface area contributed by atoms with Gasteiger partial charge in [0, 0.05) is 18.0 Å². The minimum atomic E-state index is -0.305. The van der Waals surface area contributed by atoms with Crippen LogP contribution in [0.3, 0.4) is 0 Å². The predicted octanol–water partition coefficient (Wildman–Crippen LogP) is 4.88. The molecule has 3 aromatic carbocycles. The number of nitrogens with zero attached hydrogens (tertiary/aromatic N) is 1. The van der Waals surface area contributed by atoms with Gasteiger partial charge in [-0.2, -0.15) is 0 Å². The van der Waals surface area contributed by atoms with Crippen molar-refractivity contribution < 1.29 is 13.9 Å². The van der Waals surface area contributed by atoms with Gasteiger partial charge in [0.2, 0.25) is 5.88 Å². The van der Waals surface area contributed by atoms with Gasteiger partial charge < -0.3 is 10.1 Å². The Morgan fingerprint density at radius 2 is 1.62 bits per heavy atom. The molecule has 0 spiro atoms. The quantitative estimate of drug-likeness (QED) is 0.514. The molecule has 4 aromatic rings. The molecule has 0 unspecified atom stereocenters. The fraction of sp³-hybridized carbons (Fsp3) is 0.0833. The van der Waals surface area contributed by atoms with E-state index in [0.717, 1.165) is 16.5 Å². The summed E-state index contributed by atoms with van der Waals surface area (Å²) in [5.74, 6) is -0.155. The van der Waals surface area contributed by atoms with Crippen molar-refractivity contribution in [3.63, 3.8) is 0 Å². The van der Waals surface area contributed by atoms with Gasteiger partial charge in [0.05, 0.1) is 11.1 Å². The molecular weight excluding hydrogens is 367 g/mol. The second-order valence-corrected chi connectivity index (χ2v) is 6.61. The van der Waals surface area contributed by atoms with Gasteiger partial charge >= 0.3 is 0 Å². The lowest BCUT2D eigenvalue weighted by atomic mass is 10.1. The van der Waals surface area contributed by atoms with E-state index in [-0.39, 0.29) is 11.7 Å². The molecule has 1 aromatic heterocycles. The van der Waals surface area contributed by atoms with E-state index in [1.165, 1.54) is 12.1 Å². The standard InChI is InChI=1S/C24H19FN2O2/c25-19-12-10-17(11-13-19)15-26-24(28)21-14-23(27-22-9-5-4-8-20(21)22)29-16-18-6-2-1-3-7-18/h1-14H,15-16H2,(H,26,28). The Hall–Kier alpha value is -3.73. The van der Waals surface area contributed by atoms with Crippen LogP contribution in [0, 0.1) is 5.82 Å². The van der Waals surface area contributed by atoms with Crippen LogP contribution in [0.15, 0.2) is 84.9 Å². The predicted molar refractivity (Wildman–Crippen MR) is 110 cm³/mol. The minimum Gasteiger partial charge on any atom is -0.473 e. The molecule has 0 saturated heterocycles. The molecule has 0 fully saturated rings. The number of carbonyl (C=O) groups excluding carboxylic acids is 1. The number of benzene rings is 3. The van der Waals surface area contributed by atoms with Crippen molar-refractivity contribution in [3.05, 3.63) is 107 Å². The highest BCUT2D eigenvalue weighted by Crippen LogP contribution is 2.23. The summed E-state index contributed by atoms with van der Waals surface area (Å²) in [5, 5.41) is 3.63. The van der Waals surface area contributed by atoms with Gasteiger partial charge in [-0.15, -0.1) is 0 Å². The molecular formula is C24H19FN2O2. The molecule has 0 radical (unpaired) electrons. The second kappa shape index (κ2) is 8.52. The Morgan fingerprint density at radius 3 is 2.41 bits per heavy atom. The maximum absolute atomic E-state index is 13.1. The Morgan fingerprint density at radius 1 is 0.897 bits per heavy atom. The van der Waals surface area contributed by atoms with Gasteiger partial charge in [-0.25, -0.2) is 9.37 Å². The number of para-hydroxylation sites is 1. The highest BCUT2D eigenvalue weighted by molar-refractivity contribution is 6.06. The molecule has 4 nitrogen and oxygen atoms in total. The number of ether oxygens (including phenoxy) is 1. The number of hydrogen-bond acceptors (Lipinski definition) is 3. The third kappa shape index (κ3) is 4.58. The van der Waals surface area contributed by atoms with Gasteiger partial charge in [0.1, 0.15) is 12.4 Å². The van der Waals surface area contributed by atoms with E-state index < -0.39 is 0 Å². The topological polar surface area (TPSA) is 51.2 Å². The van der Waals surface area contributed by atoms with Crippen LogP contribution in [0.5, 0.6) is 5.88 Å². The lowest BCUT2D eigenvalue weighted by Gasteiger charge is -2.11. The van der Waals surface area contributed by atoms with E-state index >= 15 is 0 Å². The second-order valence-electron chi connectivity index (χ2n) is 6.61. The zero-order chi connectivity index (χ0) is 20.1. The van der Waals surface area contributed by atoms with Gasteiger partial charge in [-0.3, -0.25) is 4.79 Å². The summed E-state index contributed by atoms with van der Waals surface area (Å²) in [6.07, 6.45) is 0. The lowest BCUT2D eigenvalue weighted by molar-refractivity contribution is 0.0952. The van der Waals surface area contributed by atoms with Gasteiger partial charge in [-0.1, -0.05) is 60.7 Å². The first-order valence-corrected chi connectivity index (χ1v) is 9.28. The number of carbonyl (C=O) groups is 1. The fourth-order valence-corrected chi connectivity index (χ4v) is 3.02. The molecule has 1 amide bonds. The summed E-state index contributed by atoms with van der Waals surface area (Å²) in [7, 11) is 0. The molecule has 0 atom stereocenters. The van der Waals surface area contributed by atoms with Crippen LogP contribution in [0.2, 0.25) is 0 Å². The Labute approximate surface area is 168 Å². The molecule has 29 heavy (non-hydrogen) atoms. The third-order valence-corrected chi connectivity index (χ3v) is 4.53. The molecule has 0 aliphatic heterocycles. The van der Waals surface area contributed by atoms with Crippen molar-refractivity contribution in [3.8, 4) is 5.88 Å². The first-order valence-electron chi connectivity index (χ1n) is 9.28. The summed E-state index contributed by atoms with van der Waals surface area (Å²) >= 11 is 0. The number of hydrogen-bond donors (Lipinski definition) is 1. The molecule has 5 heteroatoms. The summed E-state index contributed by atoms with van der Waals surface area (Å²) in [5.41, 5.74) is 3.01. The normalized spacial score (nSPS) is 10.7. The molecule has 144 valence electrons. The number of halogens is 1. The Kier molecular flexibility index (Phi) is 5.47. The summed E-state index contributed by atoms with van der Waals surface area (Å²) < 4.78 is 18.9. The van der Waals surface area contributed by atoms with Crippen molar-refractivity contribution in [1.29, 1.82) is 0 Å². The first kappa shape index (κ1) is 18.6. The molecule has 0 saturated carbocycles. The summed E-state index contributed by atoms with van der Waals surface area (Å²) in [4.78, 5) is 17.4. The van der Waals surface area contributed by atoms with Crippen LogP contribution >= 0.6 is 0 Å². The van der Waals surface area contributed by atoms with Crippen molar-refractivity contribution in [2.75, 3.05) is 0 Å². The summed E-state index contributed by atoms with van der Waals surface area (Å²) in [6.45, 7) is 0.665. The zero-order valence-electron chi connectivity index (χ0n) is 15.6. The largest absolute Gasteiger partial charge is 0.473 e. The number of aromatic nitrogens is 1. The van der Waals surface area contributed by atoms with Crippen LogP contribution in [0.4, 0.5) is 4.39 Å². The van der Waals surface area contributed by atoms with Crippen LogP contribution in [-0.2, 0) is 13.2 Å². The minimum absolute atomic E-state index is 0.238. The molecule has 4 rings (SSSR count). The van der Waals surface area contributed by atoms with Crippen molar-refractivity contribution >= 4 is 16.8 Å². The highest BCUT2D eigenvalue weighted by atomic mass is 19.1. The fourth-order valence-electron chi connectivity index (χ4n) is 3.02. The van der Waals surface area contributed by atoms with E-state index in [0.29, 0.717) is 30.1 Å². The van der Waals surface area contributed by atoms with Crippen molar-refractivity contribution in [2.24, 2.45) is 0 Å². The molecule has 0 bridgehead atoms. The van der Waals surface area contributed by atoms with Crippen molar-refractivity contribution in [1.82, 2.24) is 10.3 Å². The van der Waals surface area contributed by atoms with Gasteiger partial charge in [0.15, 0.2) is 0 Å². The third-order valence-electron chi connectivity index (χ3n) is 4.53. The first-order chi connectivity index (χ1) is 14.2. The molecule has 0 aliphatic rings.